The summed E-state index contributed by atoms with van der Waals surface area (Å²) in [4.78, 5) is 29.4. The summed E-state index contributed by atoms with van der Waals surface area (Å²) >= 11 is 3.09. The van der Waals surface area contributed by atoms with Crippen molar-refractivity contribution in [3.8, 4) is 0 Å². The van der Waals surface area contributed by atoms with Crippen molar-refractivity contribution in [3.63, 3.8) is 0 Å². The van der Waals surface area contributed by atoms with E-state index in [1.165, 1.54) is 16.7 Å². The number of carbonyl (C=O) groups excluding carboxylic acids is 1. The lowest BCUT2D eigenvalue weighted by Crippen LogP contribution is -2.50. The minimum absolute atomic E-state index is 0.0775. The highest BCUT2D eigenvalue weighted by atomic mass is 32.2. The van der Waals surface area contributed by atoms with Gasteiger partial charge in [-0.25, -0.2) is 9.78 Å². The van der Waals surface area contributed by atoms with Crippen molar-refractivity contribution >= 4 is 35.0 Å². The van der Waals surface area contributed by atoms with Crippen molar-refractivity contribution in [2.45, 2.75) is 38.5 Å². The maximum Gasteiger partial charge on any atom is 0.326 e. The Morgan fingerprint density at radius 3 is 2.95 bits per heavy atom. The summed E-state index contributed by atoms with van der Waals surface area (Å²) in [6.45, 7) is 4.54. The number of thiazole rings is 1. The third-order valence-electron chi connectivity index (χ3n) is 3.61. The van der Waals surface area contributed by atoms with Crippen molar-refractivity contribution < 1.29 is 14.7 Å². The van der Waals surface area contributed by atoms with Crippen molar-refractivity contribution in [1.29, 1.82) is 0 Å². The van der Waals surface area contributed by atoms with Crippen LogP contribution >= 0.6 is 23.1 Å². The molecule has 5 nitrogen and oxygen atoms in total. The molecular weight excluding hydrogens is 308 g/mol. The average Bonchev–Trinajstić information content (AvgIpc) is 2.84. The van der Waals surface area contributed by atoms with Crippen molar-refractivity contribution in [2.75, 3.05) is 12.3 Å². The van der Waals surface area contributed by atoms with Gasteiger partial charge in [0.05, 0.1) is 16.5 Å². The summed E-state index contributed by atoms with van der Waals surface area (Å²) < 4.78 is 0. The summed E-state index contributed by atoms with van der Waals surface area (Å²) in [5.41, 5.74) is 0.984. The van der Waals surface area contributed by atoms with Gasteiger partial charge >= 0.3 is 5.97 Å². The molecule has 21 heavy (non-hydrogen) atoms. The van der Waals surface area contributed by atoms with E-state index < -0.39 is 12.0 Å². The number of likely N-dealkylation sites (tertiary alicyclic amines) is 1. The van der Waals surface area contributed by atoms with Crippen molar-refractivity contribution in [1.82, 2.24) is 9.88 Å². The van der Waals surface area contributed by atoms with E-state index in [0.29, 0.717) is 30.4 Å². The van der Waals surface area contributed by atoms with Crippen LogP contribution in [0.25, 0.3) is 0 Å². The predicted molar refractivity (Wildman–Crippen MR) is 84.5 cm³/mol. The number of nitrogens with zero attached hydrogens (tertiary/aromatic N) is 2. The first-order valence-corrected chi connectivity index (χ1v) is 9.02. The van der Waals surface area contributed by atoms with Gasteiger partial charge in [0.25, 0.3) is 0 Å². The van der Waals surface area contributed by atoms with Gasteiger partial charge in [0, 0.05) is 17.7 Å². The Balaban J connectivity index is 1.85. The molecule has 0 radical (unpaired) electrons. The highest BCUT2D eigenvalue weighted by Gasteiger charge is 2.34. The van der Waals surface area contributed by atoms with Crippen LogP contribution in [-0.4, -0.2) is 45.2 Å². The van der Waals surface area contributed by atoms with Gasteiger partial charge in [0.2, 0.25) is 5.91 Å². The number of aromatic nitrogens is 1. The van der Waals surface area contributed by atoms with Crippen molar-refractivity contribution in [2.24, 2.45) is 5.92 Å². The molecule has 0 aromatic carbocycles. The molecule has 2 heterocycles. The number of rotatable bonds is 5. The molecule has 0 bridgehead atoms. The molecule has 7 heteroatoms. The SMILES string of the molecule is Cc1nc(CSCC(=O)N2CCC(C)CC2C(=O)O)cs1. The number of carboxylic acid groups (broad SMARTS) is 1. The lowest BCUT2D eigenvalue weighted by Gasteiger charge is -2.36. The van der Waals surface area contributed by atoms with Crippen LogP contribution in [-0.2, 0) is 15.3 Å². The van der Waals surface area contributed by atoms with Crippen LogP contribution in [0, 0.1) is 12.8 Å². The number of piperidine rings is 1. The van der Waals surface area contributed by atoms with E-state index in [1.807, 2.05) is 19.2 Å². The second-order valence-corrected chi connectivity index (χ2v) is 7.47. The molecule has 2 unspecified atom stereocenters. The van der Waals surface area contributed by atoms with Crippen LogP contribution in [0.4, 0.5) is 0 Å². The Morgan fingerprint density at radius 1 is 1.57 bits per heavy atom. The fourth-order valence-electron chi connectivity index (χ4n) is 2.47. The molecule has 0 aliphatic carbocycles. The van der Waals surface area contributed by atoms with Crippen LogP contribution in [0.5, 0.6) is 0 Å². The minimum atomic E-state index is -0.893. The molecule has 0 saturated carbocycles. The number of carboxylic acids is 1. The van der Waals surface area contributed by atoms with Crippen LogP contribution in [0.15, 0.2) is 5.38 Å². The van der Waals surface area contributed by atoms with Gasteiger partial charge in [-0.2, -0.15) is 0 Å². The first kappa shape index (κ1) is 16.3. The highest BCUT2D eigenvalue weighted by Crippen LogP contribution is 2.24. The minimum Gasteiger partial charge on any atom is -0.480 e. The van der Waals surface area contributed by atoms with E-state index in [4.69, 9.17) is 0 Å². The highest BCUT2D eigenvalue weighted by molar-refractivity contribution is 7.99. The lowest BCUT2D eigenvalue weighted by atomic mass is 9.92. The fraction of sp³-hybridized carbons (Fsp3) is 0.643. The first-order chi connectivity index (χ1) is 9.97. The van der Waals surface area contributed by atoms with Crippen molar-refractivity contribution in [3.05, 3.63) is 16.1 Å². The molecule has 1 aliphatic rings. The summed E-state index contributed by atoms with van der Waals surface area (Å²) in [6, 6.07) is -0.664. The zero-order valence-electron chi connectivity index (χ0n) is 12.2. The quantitative estimate of drug-likeness (QED) is 0.899. The maximum absolute atomic E-state index is 12.2. The number of thioether (sulfide) groups is 1. The second kappa shape index (κ2) is 7.26. The van der Waals surface area contributed by atoms with Gasteiger partial charge in [-0.3, -0.25) is 4.79 Å². The molecule has 1 saturated heterocycles. The van der Waals surface area contributed by atoms with E-state index in [2.05, 4.69) is 4.98 Å². The molecule has 1 amide bonds. The molecule has 1 aromatic heterocycles. The molecule has 2 rings (SSSR count). The molecule has 0 spiro atoms. The van der Waals surface area contributed by atoms with Gasteiger partial charge in [-0.15, -0.1) is 23.1 Å². The van der Waals surface area contributed by atoms with Gasteiger partial charge in [0.1, 0.15) is 6.04 Å². The molecule has 1 fully saturated rings. The summed E-state index contributed by atoms with van der Waals surface area (Å²) in [6.07, 6.45) is 1.43. The zero-order valence-corrected chi connectivity index (χ0v) is 13.9. The Labute approximate surface area is 132 Å². The van der Waals surface area contributed by atoms with Crippen LogP contribution in [0.1, 0.15) is 30.5 Å². The standard InChI is InChI=1S/C14H20N2O3S2/c1-9-3-4-16(12(5-9)14(18)19)13(17)8-20-6-11-7-21-10(2)15-11/h7,9,12H,3-6,8H2,1-2H3,(H,18,19). The summed E-state index contributed by atoms with van der Waals surface area (Å²) in [5.74, 6) is 0.398. The Hall–Kier alpha value is -1.08. The Morgan fingerprint density at radius 2 is 2.33 bits per heavy atom. The number of hydrogen-bond donors (Lipinski definition) is 1. The molecular formula is C14H20N2O3S2. The fourth-order valence-corrected chi connectivity index (χ4v) is 3.99. The number of aryl methyl sites for hydroxylation is 1. The average molecular weight is 328 g/mol. The van der Waals surface area contributed by atoms with E-state index in [1.54, 1.807) is 11.3 Å². The Bertz CT molecular complexity index is 518. The number of carbonyl (C=O) groups is 2. The number of amides is 1. The molecule has 116 valence electrons. The third-order valence-corrected chi connectivity index (χ3v) is 5.39. The van der Waals surface area contributed by atoms with E-state index >= 15 is 0 Å². The smallest absolute Gasteiger partial charge is 0.326 e. The van der Waals surface area contributed by atoms with Gasteiger partial charge in [-0.1, -0.05) is 6.92 Å². The van der Waals surface area contributed by atoms with E-state index in [-0.39, 0.29) is 5.91 Å². The number of aliphatic carboxylic acids is 1. The summed E-state index contributed by atoms with van der Waals surface area (Å²) in [7, 11) is 0. The molecule has 1 N–H and O–H groups in total. The second-order valence-electron chi connectivity index (χ2n) is 5.42. The lowest BCUT2D eigenvalue weighted by molar-refractivity contribution is -0.151. The largest absolute Gasteiger partial charge is 0.480 e. The maximum atomic E-state index is 12.2. The molecule has 1 aliphatic heterocycles. The summed E-state index contributed by atoms with van der Waals surface area (Å²) in [5, 5.41) is 12.3. The normalized spacial score (nSPS) is 22.3. The van der Waals surface area contributed by atoms with E-state index in [9.17, 15) is 14.7 Å². The van der Waals surface area contributed by atoms with Crippen LogP contribution in [0.2, 0.25) is 0 Å². The monoisotopic (exact) mass is 328 g/mol. The topological polar surface area (TPSA) is 70.5 Å². The van der Waals surface area contributed by atoms with Crippen LogP contribution in [0.3, 0.4) is 0 Å². The molecule has 2 atom stereocenters. The predicted octanol–water partition coefficient (Wildman–Crippen LogP) is 2.40. The molecule has 1 aromatic rings. The van der Waals surface area contributed by atoms with Crippen LogP contribution < -0.4 is 0 Å². The van der Waals surface area contributed by atoms with Gasteiger partial charge in [0.15, 0.2) is 0 Å². The van der Waals surface area contributed by atoms with Gasteiger partial charge < -0.3 is 10.0 Å². The first-order valence-electron chi connectivity index (χ1n) is 6.98. The van der Waals surface area contributed by atoms with Gasteiger partial charge in [-0.05, 0) is 25.7 Å². The van der Waals surface area contributed by atoms with E-state index in [0.717, 1.165) is 17.1 Å². The third kappa shape index (κ3) is 4.44. The number of hydrogen-bond acceptors (Lipinski definition) is 5. The zero-order chi connectivity index (χ0) is 15.4. The Kier molecular flexibility index (Phi) is 5.64.